The van der Waals surface area contributed by atoms with Gasteiger partial charge in [0.05, 0.1) is 12.8 Å². The Hall–Kier alpha value is -2.93. The molecule has 2 fully saturated rings. The van der Waals surface area contributed by atoms with E-state index in [0.29, 0.717) is 57.4 Å². The standard InChI is InChI=1S/C23H27ClN4O3/c1-31-21-8-3-2-7-20(21)26-11-15-28(16-12-26)23(30)22(29)27-13-9-25(10-14-27)19-6-4-5-18(24)17-19/h2-8,17H,9-16H2,1H3. The van der Waals surface area contributed by atoms with Crippen LogP contribution >= 0.6 is 11.6 Å². The van der Waals surface area contributed by atoms with Gasteiger partial charge in [-0.05, 0) is 30.3 Å². The van der Waals surface area contributed by atoms with Crippen LogP contribution in [0.15, 0.2) is 48.5 Å². The largest absolute Gasteiger partial charge is 0.495 e. The van der Waals surface area contributed by atoms with Crippen LogP contribution in [-0.2, 0) is 9.59 Å². The van der Waals surface area contributed by atoms with Crippen LogP contribution in [-0.4, -0.2) is 81.1 Å². The summed E-state index contributed by atoms with van der Waals surface area (Å²) in [5, 5.41) is 0.693. The van der Waals surface area contributed by atoms with E-state index in [1.807, 2.05) is 48.5 Å². The molecule has 2 amide bonds. The Bertz CT molecular complexity index is 938. The van der Waals surface area contributed by atoms with Crippen molar-refractivity contribution in [3.63, 3.8) is 0 Å². The number of halogens is 1. The van der Waals surface area contributed by atoms with E-state index in [1.165, 1.54) is 0 Å². The van der Waals surface area contributed by atoms with Crippen molar-refractivity contribution in [2.24, 2.45) is 0 Å². The molecule has 0 atom stereocenters. The maximum atomic E-state index is 12.8. The molecule has 0 bridgehead atoms. The molecule has 164 valence electrons. The van der Waals surface area contributed by atoms with Crippen molar-refractivity contribution in [1.82, 2.24) is 9.80 Å². The third kappa shape index (κ3) is 4.71. The number of carbonyl (C=O) groups excluding carboxylic acids is 2. The number of ether oxygens (including phenoxy) is 1. The molecule has 0 aliphatic carbocycles. The van der Waals surface area contributed by atoms with Crippen molar-refractivity contribution in [2.75, 3.05) is 69.3 Å². The summed E-state index contributed by atoms with van der Waals surface area (Å²) in [5.74, 6) is 0.00305. The summed E-state index contributed by atoms with van der Waals surface area (Å²) in [7, 11) is 1.66. The molecule has 0 spiro atoms. The first kappa shape index (κ1) is 21.3. The first-order chi connectivity index (χ1) is 15.1. The maximum absolute atomic E-state index is 12.8. The minimum absolute atomic E-state index is 0.406. The lowest BCUT2D eigenvalue weighted by molar-refractivity contribution is -0.152. The number of amides is 2. The Morgan fingerprint density at radius 1 is 0.774 bits per heavy atom. The quantitative estimate of drug-likeness (QED) is 0.683. The number of rotatable bonds is 3. The van der Waals surface area contributed by atoms with Crippen LogP contribution in [0.5, 0.6) is 5.75 Å². The van der Waals surface area contributed by atoms with Crippen molar-refractivity contribution in [3.05, 3.63) is 53.6 Å². The summed E-state index contributed by atoms with van der Waals surface area (Å²) in [4.78, 5) is 33.3. The number of methoxy groups -OCH3 is 1. The zero-order valence-corrected chi connectivity index (χ0v) is 18.4. The van der Waals surface area contributed by atoms with Gasteiger partial charge in [0.2, 0.25) is 0 Å². The summed E-state index contributed by atoms with van der Waals surface area (Å²) < 4.78 is 5.44. The zero-order valence-electron chi connectivity index (χ0n) is 17.7. The van der Waals surface area contributed by atoms with E-state index in [2.05, 4.69) is 9.80 Å². The number of para-hydroxylation sites is 2. The van der Waals surface area contributed by atoms with E-state index < -0.39 is 11.8 Å². The molecule has 2 saturated heterocycles. The lowest BCUT2D eigenvalue weighted by Gasteiger charge is -2.39. The van der Waals surface area contributed by atoms with Crippen LogP contribution in [0.4, 0.5) is 11.4 Å². The molecule has 2 heterocycles. The molecule has 31 heavy (non-hydrogen) atoms. The monoisotopic (exact) mass is 442 g/mol. The Balaban J connectivity index is 1.30. The van der Waals surface area contributed by atoms with Gasteiger partial charge in [0.15, 0.2) is 0 Å². The molecular weight excluding hydrogens is 416 g/mol. The maximum Gasteiger partial charge on any atom is 0.312 e. The van der Waals surface area contributed by atoms with E-state index in [1.54, 1.807) is 16.9 Å². The second-order valence-electron chi connectivity index (χ2n) is 7.71. The van der Waals surface area contributed by atoms with Crippen LogP contribution in [0, 0.1) is 0 Å². The Kier molecular flexibility index (Phi) is 6.51. The minimum Gasteiger partial charge on any atom is -0.495 e. The highest BCUT2D eigenvalue weighted by atomic mass is 35.5. The van der Waals surface area contributed by atoms with Crippen molar-refractivity contribution >= 4 is 34.8 Å². The summed E-state index contributed by atoms with van der Waals surface area (Å²) in [6, 6.07) is 15.6. The van der Waals surface area contributed by atoms with Gasteiger partial charge in [0.1, 0.15) is 5.75 Å². The Morgan fingerprint density at radius 2 is 1.35 bits per heavy atom. The molecule has 2 aromatic carbocycles. The molecule has 0 saturated carbocycles. The minimum atomic E-state index is -0.407. The van der Waals surface area contributed by atoms with Gasteiger partial charge in [-0.2, -0.15) is 0 Å². The van der Waals surface area contributed by atoms with Crippen LogP contribution in [0.3, 0.4) is 0 Å². The zero-order chi connectivity index (χ0) is 21.8. The predicted molar refractivity (Wildman–Crippen MR) is 122 cm³/mol. The predicted octanol–water partition coefficient (Wildman–Crippen LogP) is 2.35. The van der Waals surface area contributed by atoms with Gasteiger partial charge in [0.25, 0.3) is 0 Å². The van der Waals surface area contributed by atoms with Gasteiger partial charge in [-0.3, -0.25) is 9.59 Å². The topological polar surface area (TPSA) is 56.3 Å². The lowest BCUT2D eigenvalue weighted by Crippen LogP contribution is -2.56. The second-order valence-corrected chi connectivity index (χ2v) is 8.15. The van der Waals surface area contributed by atoms with E-state index in [-0.39, 0.29) is 0 Å². The van der Waals surface area contributed by atoms with Crippen LogP contribution in [0.25, 0.3) is 0 Å². The van der Waals surface area contributed by atoms with Crippen LogP contribution in [0.2, 0.25) is 5.02 Å². The highest BCUT2D eigenvalue weighted by Crippen LogP contribution is 2.28. The molecule has 2 aliphatic rings. The number of benzene rings is 2. The van der Waals surface area contributed by atoms with Crippen molar-refractivity contribution in [3.8, 4) is 5.75 Å². The summed E-state index contributed by atoms with van der Waals surface area (Å²) in [6.45, 7) is 4.79. The van der Waals surface area contributed by atoms with Crippen molar-refractivity contribution in [1.29, 1.82) is 0 Å². The number of piperazine rings is 2. The van der Waals surface area contributed by atoms with Crippen LogP contribution in [0.1, 0.15) is 0 Å². The Labute approximate surface area is 187 Å². The molecule has 0 aromatic heterocycles. The molecular formula is C23H27ClN4O3. The van der Waals surface area contributed by atoms with Gasteiger partial charge in [-0.15, -0.1) is 0 Å². The number of nitrogens with zero attached hydrogens (tertiary/aromatic N) is 4. The molecule has 7 nitrogen and oxygen atoms in total. The Morgan fingerprint density at radius 3 is 1.94 bits per heavy atom. The number of hydrogen-bond donors (Lipinski definition) is 0. The van der Waals surface area contributed by atoms with E-state index in [4.69, 9.17) is 16.3 Å². The highest BCUT2D eigenvalue weighted by molar-refractivity contribution is 6.35. The fraction of sp³-hybridized carbons (Fsp3) is 0.391. The molecule has 0 unspecified atom stereocenters. The van der Waals surface area contributed by atoms with Crippen molar-refractivity contribution in [2.45, 2.75) is 0 Å². The van der Waals surface area contributed by atoms with E-state index in [0.717, 1.165) is 17.1 Å². The van der Waals surface area contributed by atoms with Crippen molar-refractivity contribution < 1.29 is 14.3 Å². The third-order valence-corrected chi connectivity index (χ3v) is 6.15. The lowest BCUT2D eigenvalue weighted by atomic mass is 10.2. The summed E-state index contributed by atoms with van der Waals surface area (Å²) in [6.07, 6.45) is 0. The molecule has 2 aliphatic heterocycles. The average Bonchev–Trinajstić information content (AvgIpc) is 2.83. The average molecular weight is 443 g/mol. The van der Waals surface area contributed by atoms with E-state index >= 15 is 0 Å². The number of anilines is 2. The van der Waals surface area contributed by atoms with Gasteiger partial charge < -0.3 is 24.3 Å². The molecule has 0 radical (unpaired) electrons. The van der Waals surface area contributed by atoms with E-state index in [9.17, 15) is 9.59 Å². The normalized spacial score (nSPS) is 17.0. The first-order valence-electron chi connectivity index (χ1n) is 10.5. The highest BCUT2D eigenvalue weighted by Gasteiger charge is 2.31. The first-order valence-corrected chi connectivity index (χ1v) is 10.9. The van der Waals surface area contributed by atoms with Gasteiger partial charge >= 0.3 is 11.8 Å². The van der Waals surface area contributed by atoms with Gasteiger partial charge in [0, 0.05) is 63.1 Å². The fourth-order valence-electron chi connectivity index (χ4n) is 4.15. The summed E-state index contributed by atoms with van der Waals surface area (Å²) >= 11 is 6.09. The SMILES string of the molecule is COc1ccccc1N1CCN(C(=O)C(=O)N2CCN(c3cccc(Cl)c3)CC2)CC1. The van der Waals surface area contributed by atoms with Gasteiger partial charge in [-0.25, -0.2) is 0 Å². The summed E-state index contributed by atoms with van der Waals surface area (Å²) in [5.41, 5.74) is 2.05. The smallest absolute Gasteiger partial charge is 0.312 e. The fourth-order valence-corrected chi connectivity index (χ4v) is 4.34. The molecule has 2 aromatic rings. The number of hydrogen-bond acceptors (Lipinski definition) is 5. The van der Waals surface area contributed by atoms with Gasteiger partial charge in [-0.1, -0.05) is 29.8 Å². The molecule has 4 rings (SSSR count). The van der Waals surface area contributed by atoms with Crippen LogP contribution < -0.4 is 14.5 Å². The third-order valence-electron chi connectivity index (χ3n) is 5.92. The molecule has 0 N–H and O–H groups in total. The molecule has 8 heteroatoms. The number of carbonyl (C=O) groups is 2. The second kappa shape index (κ2) is 9.47.